The van der Waals surface area contributed by atoms with E-state index in [1.54, 1.807) is 12.1 Å². The van der Waals surface area contributed by atoms with Crippen LogP contribution in [0.2, 0.25) is 5.02 Å². The highest BCUT2D eigenvalue weighted by Gasteiger charge is 2.13. The van der Waals surface area contributed by atoms with Crippen molar-refractivity contribution in [2.45, 2.75) is 19.4 Å². The lowest BCUT2D eigenvalue weighted by atomic mass is 10.0. The van der Waals surface area contributed by atoms with Crippen molar-refractivity contribution >= 4 is 17.5 Å². The van der Waals surface area contributed by atoms with Crippen LogP contribution in [-0.2, 0) is 24.2 Å². The van der Waals surface area contributed by atoms with E-state index in [-0.39, 0.29) is 18.3 Å². The van der Waals surface area contributed by atoms with Gasteiger partial charge in [0.1, 0.15) is 18.2 Å². The van der Waals surface area contributed by atoms with E-state index in [4.69, 9.17) is 16.3 Å². The minimum Gasteiger partial charge on any atom is -0.489 e. The standard InChI is InChI=1S/C17H15ClFNO2/c18-14-3-1-13(16(19)9-14)10-22-15-4-2-11-8-17(21)20-6-5-12(11)7-15/h1-4,7,9H,5-6,8,10H2,(H,20,21). The van der Waals surface area contributed by atoms with Gasteiger partial charge in [0.05, 0.1) is 6.42 Å². The Morgan fingerprint density at radius 3 is 2.86 bits per heavy atom. The molecule has 3 nitrogen and oxygen atoms in total. The van der Waals surface area contributed by atoms with Gasteiger partial charge in [-0.05, 0) is 41.8 Å². The second-order valence-electron chi connectivity index (χ2n) is 5.23. The fourth-order valence-corrected chi connectivity index (χ4v) is 2.63. The number of rotatable bonds is 3. The minimum atomic E-state index is -0.378. The summed E-state index contributed by atoms with van der Waals surface area (Å²) in [6, 6.07) is 10.2. The predicted molar refractivity (Wildman–Crippen MR) is 82.6 cm³/mol. The lowest BCUT2D eigenvalue weighted by Gasteiger charge is -2.10. The molecule has 1 amide bonds. The largest absolute Gasteiger partial charge is 0.489 e. The molecule has 114 valence electrons. The second-order valence-corrected chi connectivity index (χ2v) is 5.67. The van der Waals surface area contributed by atoms with Gasteiger partial charge in [0, 0.05) is 17.1 Å². The predicted octanol–water partition coefficient (Wildman–Crippen LogP) is 3.27. The van der Waals surface area contributed by atoms with E-state index in [0.29, 0.717) is 29.3 Å². The monoisotopic (exact) mass is 319 g/mol. The van der Waals surface area contributed by atoms with Crippen LogP contribution in [0.5, 0.6) is 5.75 Å². The maximum absolute atomic E-state index is 13.7. The molecule has 0 radical (unpaired) electrons. The van der Waals surface area contributed by atoms with Gasteiger partial charge in [-0.15, -0.1) is 0 Å². The number of ether oxygens (including phenoxy) is 1. The van der Waals surface area contributed by atoms with Crippen LogP contribution in [0.15, 0.2) is 36.4 Å². The molecule has 22 heavy (non-hydrogen) atoms. The molecule has 0 fully saturated rings. The van der Waals surface area contributed by atoms with E-state index in [0.717, 1.165) is 17.5 Å². The number of fused-ring (bicyclic) bond motifs is 1. The summed E-state index contributed by atoms with van der Waals surface area (Å²) in [6.07, 6.45) is 1.16. The van der Waals surface area contributed by atoms with E-state index in [1.807, 2.05) is 18.2 Å². The Morgan fingerprint density at radius 2 is 2.05 bits per heavy atom. The molecule has 1 N–H and O–H groups in total. The fourth-order valence-electron chi connectivity index (χ4n) is 2.47. The Bertz CT molecular complexity index is 718. The molecule has 2 aromatic rings. The van der Waals surface area contributed by atoms with Gasteiger partial charge in [0.2, 0.25) is 5.91 Å². The van der Waals surface area contributed by atoms with Crippen LogP contribution >= 0.6 is 11.6 Å². The quantitative estimate of drug-likeness (QED) is 0.943. The molecule has 1 aliphatic heterocycles. The third-order valence-corrected chi connectivity index (χ3v) is 3.89. The Kier molecular flexibility index (Phi) is 4.29. The minimum absolute atomic E-state index is 0.0376. The molecule has 0 spiro atoms. The van der Waals surface area contributed by atoms with Crippen molar-refractivity contribution in [2.75, 3.05) is 6.54 Å². The Hall–Kier alpha value is -2.07. The summed E-state index contributed by atoms with van der Waals surface area (Å²) in [5, 5.41) is 3.20. The molecule has 0 aromatic heterocycles. The molecule has 0 saturated heterocycles. The van der Waals surface area contributed by atoms with Crippen molar-refractivity contribution in [1.29, 1.82) is 0 Å². The molecule has 0 aliphatic carbocycles. The summed E-state index contributed by atoms with van der Waals surface area (Å²) in [7, 11) is 0. The van der Waals surface area contributed by atoms with E-state index >= 15 is 0 Å². The first-order chi connectivity index (χ1) is 10.6. The van der Waals surface area contributed by atoms with Gasteiger partial charge < -0.3 is 10.1 Å². The first-order valence-electron chi connectivity index (χ1n) is 7.07. The van der Waals surface area contributed by atoms with Crippen LogP contribution in [0.25, 0.3) is 0 Å². The molecule has 1 aliphatic rings. The van der Waals surface area contributed by atoms with Crippen molar-refractivity contribution in [3.05, 3.63) is 63.9 Å². The van der Waals surface area contributed by atoms with Gasteiger partial charge in [-0.1, -0.05) is 23.7 Å². The molecular weight excluding hydrogens is 305 g/mol. The van der Waals surface area contributed by atoms with Crippen molar-refractivity contribution in [1.82, 2.24) is 5.32 Å². The second kappa shape index (κ2) is 6.36. The average Bonchev–Trinajstić information content (AvgIpc) is 2.66. The summed E-state index contributed by atoms with van der Waals surface area (Å²) in [6.45, 7) is 0.764. The summed E-state index contributed by atoms with van der Waals surface area (Å²) in [5.41, 5.74) is 2.56. The molecule has 0 unspecified atom stereocenters. The summed E-state index contributed by atoms with van der Waals surface area (Å²) < 4.78 is 19.4. The zero-order valence-corrected chi connectivity index (χ0v) is 12.6. The number of carbonyl (C=O) groups excluding carboxylic acids is 1. The van der Waals surface area contributed by atoms with Gasteiger partial charge in [-0.25, -0.2) is 4.39 Å². The highest BCUT2D eigenvalue weighted by Crippen LogP contribution is 2.22. The molecule has 0 bridgehead atoms. The molecule has 5 heteroatoms. The SMILES string of the molecule is O=C1Cc2ccc(OCc3ccc(Cl)cc3F)cc2CCN1. The normalized spacial score (nSPS) is 14.0. The number of hydrogen-bond donors (Lipinski definition) is 1. The molecule has 0 atom stereocenters. The third kappa shape index (κ3) is 3.39. The topological polar surface area (TPSA) is 38.3 Å². The Morgan fingerprint density at radius 1 is 1.18 bits per heavy atom. The maximum Gasteiger partial charge on any atom is 0.224 e. The lowest BCUT2D eigenvalue weighted by molar-refractivity contribution is -0.120. The van der Waals surface area contributed by atoms with Crippen molar-refractivity contribution in [2.24, 2.45) is 0 Å². The van der Waals surface area contributed by atoms with Gasteiger partial charge in [-0.2, -0.15) is 0 Å². The molecule has 2 aromatic carbocycles. The van der Waals surface area contributed by atoms with Crippen LogP contribution in [0.1, 0.15) is 16.7 Å². The van der Waals surface area contributed by atoms with Crippen molar-refractivity contribution < 1.29 is 13.9 Å². The number of amides is 1. The fraction of sp³-hybridized carbons (Fsp3) is 0.235. The van der Waals surface area contributed by atoms with Crippen LogP contribution in [-0.4, -0.2) is 12.5 Å². The van der Waals surface area contributed by atoms with Crippen molar-refractivity contribution in [3.8, 4) is 5.75 Å². The van der Waals surface area contributed by atoms with Crippen molar-refractivity contribution in [3.63, 3.8) is 0 Å². The van der Waals surface area contributed by atoms with E-state index in [9.17, 15) is 9.18 Å². The van der Waals surface area contributed by atoms with Crippen LogP contribution < -0.4 is 10.1 Å². The molecule has 1 heterocycles. The lowest BCUT2D eigenvalue weighted by Crippen LogP contribution is -2.24. The first kappa shape index (κ1) is 14.9. The zero-order valence-electron chi connectivity index (χ0n) is 11.9. The molecule has 0 saturated carbocycles. The van der Waals surface area contributed by atoms with Gasteiger partial charge in [0.15, 0.2) is 0 Å². The van der Waals surface area contributed by atoms with Gasteiger partial charge in [0.25, 0.3) is 0 Å². The summed E-state index contributed by atoms with van der Waals surface area (Å²) >= 11 is 5.73. The Balaban J connectivity index is 1.73. The maximum atomic E-state index is 13.7. The highest BCUT2D eigenvalue weighted by atomic mass is 35.5. The zero-order chi connectivity index (χ0) is 15.5. The molecule has 3 rings (SSSR count). The molecular formula is C17H15ClFNO2. The number of benzene rings is 2. The van der Waals surface area contributed by atoms with Crippen LogP contribution in [0, 0.1) is 5.82 Å². The van der Waals surface area contributed by atoms with Gasteiger partial charge in [-0.3, -0.25) is 4.79 Å². The van der Waals surface area contributed by atoms with Gasteiger partial charge >= 0.3 is 0 Å². The number of carbonyl (C=O) groups is 1. The van der Waals surface area contributed by atoms with Crippen LogP contribution in [0.4, 0.5) is 4.39 Å². The number of hydrogen-bond acceptors (Lipinski definition) is 2. The van der Waals surface area contributed by atoms with E-state index < -0.39 is 0 Å². The first-order valence-corrected chi connectivity index (χ1v) is 7.45. The average molecular weight is 320 g/mol. The van der Waals surface area contributed by atoms with E-state index in [2.05, 4.69) is 5.32 Å². The number of nitrogens with one attached hydrogen (secondary N) is 1. The smallest absolute Gasteiger partial charge is 0.224 e. The third-order valence-electron chi connectivity index (χ3n) is 3.65. The van der Waals surface area contributed by atoms with E-state index in [1.165, 1.54) is 6.07 Å². The summed E-state index contributed by atoms with van der Waals surface area (Å²) in [4.78, 5) is 11.5. The number of halogens is 2. The van der Waals surface area contributed by atoms with Crippen LogP contribution in [0.3, 0.4) is 0 Å². The highest BCUT2D eigenvalue weighted by molar-refractivity contribution is 6.30. The summed E-state index contributed by atoms with van der Waals surface area (Å²) in [5.74, 6) is 0.329. The Labute approximate surface area is 133 Å².